The Bertz CT molecular complexity index is 1690. The zero-order chi connectivity index (χ0) is 26.4. The first-order chi connectivity index (χ1) is 18.3. The molecule has 0 spiro atoms. The van der Waals surface area contributed by atoms with Crippen LogP contribution < -0.4 is 15.9 Å². The Morgan fingerprint density at radius 2 is 1.71 bits per heavy atom. The molecule has 1 saturated heterocycles. The molecule has 0 unspecified atom stereocenters. The van der Waals surface area contributed by atoms with Crippen LogP contribution in [0.1, 0.15) is 5.56 Å². The average molecular weight is 519 g/mol. The molecule has 0 atom stereocenters. The van der Waals surface area contributed by atoms with E-state index >= 15 is 0 Å². The molecule has 0 radical (unpaired) electrons. The van der Waals surface area contributed by atoms with Gasteiger partial charge in [-0.05, 0) is 65.0 Å². The van der Waals surface area contributed by atoms with Crippen molar-refractivity contribution in [2.24, 2.45) is 7.05 Å². The van der Waals surface area contributed by atoms with Crippen LogP contribution in [0.15, 0.2) is 78.0 Å². The molecule has 194 valence electrons. The van der Waals surface area contributed by atoms with Gasteiger partial charge >= 0.3 is 11.9 Å². The van der Waals surface area contributed by atoms with E-state index in [2.05, 4.69) is 21.4 Å². The monoisotopic (exact) mass is 518 g/mol. The number of fused-ring (bicyclic) bond motifs is 1. The van der Waals surface area contributed by atoms with Crippen molar-refractivity contribution in [3.8, 4) is 28.2 Å². The molecular weight excluding hydrogens is 493 g/mol. The van der Waals surface area contributed by atoms with Crippen molar-refractivity contribution < 1.29 is 13.2 Å². The first-order valence-corrected chi connectivity index (χ1v) is 12.3. The summed E-state index contributed by atoms with van der Waals surface area (Å²) in [5, 5.41) is 4.30. The molecule has 0 aliphatic carbocycles. The zero-order valence-electron chi connectivity index (χ0n) is 20.6. The lowest BCUT2D eigenvalue weighted by Crippen LogP contribution is -2.44. The number of aromatic amines is 1. The number of nitrogens with one attached hydrogen (secondary N) is 2. The predicted molar refractivity (Wildman–Crippen MR) is 142 cm³/mol. The Morgan fingerprint density at radius 3 is 2.50 bits per heavy atom. The molecule has 1 aliphatic rings. The van der Waals surface area contributed by atoms with Gasteiger partial charge < -0.3 is 19.8 Å². The fourth-order valence-corrected chi connectivity index (χ4v) is 5.00. The maximum absolute atomic E-state index is 13.7. The van der Waals surface area contributed by atoms with E-state index in [0.29, 0.717) is 48.9 Å². The number of nitrogens with zero attached hydrogens (tertiary/aromatic N) is 4. The van der Waals surface area contributed by atoms with Gasteiger partial charge in [0.2, 0.25) is 0 Å². The third-order valence-electron chi connectivity index (χ3n) is 6.96. The fraction of sp³-hybridized carbons (Fsp3) is 0.214. The van der Waals surface area contributed by atoms with Crippen molar-refractivity contribution in [2.75, 3.05) is 31.1 Å². The normalized spacial score (nSPS) is 14.4. The minimum absolute atomic E-state index is 0.364. The Labute approximate surface area is 216 Å². The highest BCUT2D eigenvalue weighted by atomic mass is 19.4. The number of aryl methyl sites for hydroxylation is 1. The predicted octanol–water partition coefficient (Wildman–Crippen LogP) is 4.81. The lowest BCUT2D eigenvalue weighted by molar-refractivity contribution is -0.137. The molecule has 38 heavy (non-hydrogen) atoms. The first kappa shape index (κ1) is 24.1. The molecule has 2 aromatic carbocycles. The number of halogens is 3. The molecule has 0 bridgehead atoms. The number of hydrogen-bond acceptors (Lipinski definition) is 4. The van der Waals surface area contributed by atoms with Crippen LogP contribution in [0.5, 0.6) is 0 Å². The van der Waals surface area contributed by atoms with Crippen LogP contribution in [0.25, 0.3) is 39.1 Å². The second kappa shape index (κ2) is 9.21. The van der Waals surface area contributed by atoms with E-state index in [9.17, 15) is 18.0 Å². The zero-order valence-corrected chi connectivity index (χ0v) is 20.6. The number of imidazole rings is 1. The second-order valence-corrected chi connectivity index (χ2v) is 9.39. The van der Waals surface area contributed by atoms with Gasteiger partial charge in [0, 0.05) is 57.3 Å². The van der Waals surface area contributed by atoms with E-state index in [0.717, 1.165) is 34.2 Å². The standard InChI is InChI=1S/C28H25F3N6O/c1-35-17-26(23-15-19(6-8-34-23)18-2-4-22-20(14-18)7-9-33-22)37(27(35)38)24-5-3-21(28(29,30)31)16-25(24)36-12-10-32-11-13-36/h2-9,14-17,32-33H,10-13H2,1H3. The van der Waals surface area contributed by atoms with Crippen molar-refractivity contribution in [3.05, 3.63) is 89.2 Å². The molecule has 0 amide bonds. The fourth-order valence-electron chi connectivity index (χ4n) is 5.00. The molecule has 10 heteroatoms. The van der Waals surface area contributed by atoms with Crippen LogP contribution in [0.4, 0.5) is 18.9 Å². The van der Waals surface area contributed by atoms with E-state index in [1.165, 1.54) is 15.2 Å². The maximum atomic E-state index is 13.7. The van der Waals surface area contributed by atoms with Gasteiger partial charge in [-0.25, -0.2) is 4.79 Å². The number of rotatable bonds is 4. The van der Waals surface area contributed by atoms with E-state index in [-0.39, 0.29) is 5.69 Å². The Kier molecular flexibility index (Phi) is 5.83. The maximum Gasteiger partial charge on any atom is 0.416 e. The van der Waals surface area contributed by atoms with E-state index in [1.54, 1.807) is 19.4 Å². The summed E-state index contributed by atoms with van der Waals surface area (Å²) < 4.78 is 43.9. The van der Waals surface area contributed by atoms with Crippen LogP contribution in [0.3, 0.4) is 0 Å². The molecule has 1 aliphatic heterocycles. The van der Waals surface area contributed by atoms with Crippen molar-refractivity contribution in [3.63, 3.8) is 0 Å². The summed E-state index contributed by atoms with van der Waals surface area (Å²) in [6.45, 7) is 2.34. The third-order valence-corrected chi connectivity index (χ3v) is 6.96. The second-order valence-electron chi connectivity index (χ2n) is 9.39. The van der Waals surface area contributed by atoms with Gasteiger partial charge in [-0.1, -0.05) is 6.07 Å². The lowest BCUT2D eigenvalue weighted by atomic mass is 10.0. The summed E-state index contributed by atoms with van der Waals surface area (Å²) in [6, 6.07) is 15.4. The number of aromatic nitrogens is 4. The topological polar surface area (TPSA) is 70.9 Å². The van der Waals surface area contributed by atoms with Gasteiger partial charge in [-0.3, -0.25) is 9.55 Å². The van der Waals surface area contributed by atoms with Crippen LogP contribution in [-0.4, -0.2) is 45.3 Å². The average Bonchev–Trinajstić information content (AvgIpc) is 3.52. The summed E-state index contributed by atoms with van der Waals surface area (Å²) in [5.41, 5.74) is 3.61. The molecule has 2 N–H and O–H groups in total. The van der Waals surface area contributed by atoms with E-state index in [4.69, 9.17) is 0 Å². The Morgan fingerprint density at radius 1 is 0.921 bits per heavy atom. The third kappa shape index (κ3) is 4.26. The highest BCUT2D eigenvalue weighted by Gasteiger charge is 2.32. The summed E-state index contributed by atoms with van der Waals surface area (Å²) in [6.07, 6.45) is 0.734. The summed E-state index contributed by atoms with van der Waals surface area (Å²) in [7, 11) is 1.63. The van der Waals surface area contributed by atoms with Gasteiger partial charge in [0.25, 0.3) is 0 Å². The van der Waals surface area contributed by atoms with Crippen LogP contribution in [-0.2, 0) is 13.2 Å². The minimum Gasteiger partial charge on any atom is -0.367 e. The van der Waals surface area contributed by atoms with E-state index < -0.39 is 11.7 Å². The Balaban J connectivity index is 1.51. The summed E-state index contributed by atoms with van der Waals surface area (Å²) >= 11 is 0. The van der Waals surface area contributed by atoms with Crippen molar-refractivity contribution >= 4 is 16.6 Å². The van der Waals surface area contributed by atoms with Crippen LogP contribution in [0, 0.1) is 0 Å². The highest BCUT2D eigenvalue weighted by Crippen LogP contribution is 2.36. The molecule has 6 rings (SSSR count). The summed E-state index contributed by atoms with van der Waals surface area (Å²) in [4.78, 5) is 23.0. The van der Waals surface area contributed by atoms with Gasteiger partial charge in [0.15, 0.2) is 0 Å². The lowest BCUT2D eigenvalue weighted by Gasteiger charge is -2.31. The molecule has 7 nitrogen and oxygen atoms in total. The van der Waals surface area contributed by atoms with Crippen LogP contribution in [0.2, 0.25) is 0 Å². The number of hydrogen-bond donors (Lipinski definition) is 2. The number of benzene rings is 2. The Hall–Kier alpha value is -4.31. The van der Waals surface area contributed by atoms with Gasteiger partial charge in [0.1, 0.15) is 0 Å². The number of alkyl halides is 3. The van der Waals surface area contributed by atoms with Crippen LogP contribution >= 0.6 is 0 Å². The molecule has 3 aromatic heterocycles. The number of pyridine rings is 1. The van der Waals surface area contributed by atoms with Crippen molar-refractivity contribution in [1.82, 2.24) is 24.4 Å². The summed E-state index contributed by atoms with van der Waals surface area (Å²) in [5.74, 6) is 0. The van der Waals surface area contributed by atoms with Gasteiger partial charge in [-0.2, -0.15) is 13.2 Å². The van der Waals surface area contributed by atoms with Gasteiger partial charge in [0.05, 0.1) is 28.3 Å². The number of piperazine rings is 1. The van der Waals surface area contributed by atoms with Crippen molar-refractivity contribution in [1.29, 1.82) is 0 Å². The smallest absolute Gasteiger partial charge is 0.367 e. The molecule has 5 aromatic rings. The van der Waals surface area contributed by atoms with Gasteiger partial charge in [-0.15, -0.1) is 0 Å². The van der Waals surface area contributed by atoms with E-state index in [1.807, 2.05) is 41.4 Å². The number of anilines is 1. The first-order valence-electron chi connectivity index (χ1n) is 12.3. The molecule has 1 fully saturated rings. The highest BCUT2D eigenvalue weighted by molar-refractivity contribution is 5.85. The minimum atomic E-state index is -4.50. The molecular formula is C28H25F3N6O. The molecule has 4 heterocycles. The van der Waals surface area contributed by atoms with Crippen molar-refractivity contribution in [2.45, 2.75) is 6.18 Å². The largest absolute Gasteiger partial charge is 0.416 e. The number of H-pyrrole nitrogens is 1. The molecule has 0 saturated carbocycles. The SMILES string of the molecule is Cn1cc(-c2cc(-c3ccc4[nH]ccc4c3)ccn2)n(-c2ccc(C(F)(F)F)cc2N2CCNCC2)c1=O. The quantitative estimate of drug-likeness (QED) is 0.358.